The number of hydrogen-bond acceptors (Lipinski definition) is 2. The molecule has 1 aliphatic heterocycles. The molecule has 1 fully saturated rings. The van der Waals surface area contributed by atoms with Gasteiger partial charge in [0, 0.05) is 38.4 Å². The quantitative estimate of drug-likeness (QED) is 0.816. The van der Waals surface area contributed by atoms with Crippen molar-refractivity contribution < 1.29 is 9.18 Å². The van der Waals surface area contributed by atoms with Gasteiger partial charge in [0.2, 0.25) is 5.91 Å². The number of benzene rings is 1. The molecular weight excluding hydrogens is 305 g/mol. The van der Waals surface area contributed by atoms with E-state index in [9.17, 15) is 9.18 Å². The normalized spacial score (nSPS) is 17.9. The fourth-order valence-corrected chi connectivity index (χ4v) is 3.35. The van der Waals surface area contributed by atoms with E-state index in [0.29, 0.717) is 18.9 Å². The van der Waals surface area contributed by atoms with Crippen molar-refractivity contribution in [3.05, 3.63) is 54.1 Å². The summed E-state index contributed by atoms with van der Waals surface area (Å²) in [6, 6.07) is 8.61. The summed E-state index contributed by atoms with van der Waals surface area (Å²) < 4.78 is 14.7. The number of aryl methyl sites for hydroxylation is 2. The van der Waals surface area contributed by atoms with Crippen LogP contribution in [0.2, 0.25) is 0 Å². The molecule has 4 nitrogen and oxygen atoms in total. The van der Waals surface area contributed by atoms with Crippen LogP contribution in [0.1, 0.15) is 31.2 Å². The lowest BCUT2D eigenvalue weighted by atomic mass is 9.91. The van der Waals surface area contributed by atoms with E-state index in [2.05, 4.69) is 5.10 Å². The summed E-state index contributed by atoms with van der Waals surface area (Å²) >= 11 is 0. The van der Waals surface area contributed by atoms with Crippen molar-refractivity contribution in [1.29, 1.82) is 0 Å². The molecule has 0 saturated carbocycles. The molecule has 2 heterocycles. The van der Waals surface area contributed by atoms with Crippen LogP contribution in [0.25, 0.3) is 0 Å². The molecule has 2 aromatic rings. The maximum atomic E-state index is 12.9. The van der Waals surface area contributed by atoms with Gasteiger partial charge < -0.3 is 4.90 Å². The monoisotopic (exact) mass is 329 g/mol. The van der Waals surface area contributed by atoms with Crippen molar-refractivity contribution in [3.8, 4) is 0 Å². The van der Waals surface area contributed by atoms with Crippen LogP contribution in [0.15, 0.2) is 42.7 Å². The highest BCUT2D eigenvalue weighted by Crippen LogP contribution is 2.22. The molecule has 0 spiro atoms. The molecule has 0 bridgehead atoms. The van der Waals surface area contributed by atoms with Gasteiger partial charge >= 0.3 is 0 Å². The highest BCUT2D eigenvalue weighted by molar-refractivity contribution is 5.76. The Hall–Kier alpha value is -2.17. The van der Waals surface area contributed by atoms with E-state index >= 15 is 0 Å². The number of carbonyl (C=O) groups excluding carboxylic acids is 1. The third-order valence-electron chi connectivity index (χ3n) is 4.74. The lowest BCUT2D eigenvalue weighted by Gasteiger charge is -2.33. The highest BCUT2D eigenvalue weighted by Gasteiger charge is 2.23. The van der Waals surface area contributed by atoms with Crippen molar-refractivity contribution in [2.75, 3.05) is 13.1 Å². The third-order valence-corrected chi connectivity index (χ3v) is 4.74. The van der Waals surface area contributed by atoms with Gasteiger partial charge in [-0.1, -0.05) is 12.1 Å². The number of amides is 1. The number of likely N-dealkylation sites (tertiary alicyclic amines) is 1. The second-order valence-corrected chi connectivity index (χ2v) is 6.53. The Morgan fingerprint density at radius 3 is 2.88 bits per heavy atom. The number of halogens is 1. The summed E-state index contributed by atoms with van der Waals surface area (Å²) in [4.78, 5) is 14.4. The fourth-order valence-electron chi connectivity index (χ4n) is 3.35. The molecule has 0 N–H and O–H groups in total. The Morgan fingerprint density at radius 1 is 1.29 bits per heavy atom. The minimum atomic E-state index is -0.189. The van der Waals surface area contributed by atoms with E-state index in [4.69, 9.17) is 0 Å². The summed E-state index contributed by atoms with van der Waals surface area (Å²) in [5.74, 6) is 0.569. The Morgan fingerprint density at radius 2 is 2.12 bits per heavy atom. The smallest absolute Gasteiger partial charge is 0.224 e. The Bertz CT molecular complexity index is 639. The zero-order chi connectivity index (χ0) is 16.8. The number of hydrogen-bond donors (Lipinski definition) is 0. The zero-order valence-corrected chi connectivity index (χ0v) is 13.9. The van der Waals surface area contributed by atoms with E-state index in [0.717, 1.165) is 32.4 Å². The van der Waals surface area contributed by atoms with Crippen LogP contribution in [0, 0.1) is 11.7 Å². The summed E-state index contributed by atoms with van der Waals surface area (Å²) in [7, 11) is 0. The van der Waals surface area contributed by atoms with Gasteiger partial charge in [-0.05, 0) is 55.4 Å². The SMILES string of the molecule is O=C(CCn1cccn1)N1CCCC(CCc2ccc(F)cc2)C1. The molecule has 0 aliphatic carbocycles. The average Bonchev–Trinajstić information content (AvgIpc) is 3.13. The lowest BCUT2D eigenvalue weighted by molar-refractivity contribution is -0.133. The van der Waals surface area contributed by atoms with Crippen LogP contribution in [0.4, 0.5) is 4.39 Å². The van der Waals surface area contributed by atoms with Crippen molar-refractivity contribution in [1.82, 2.24) is 14.7 Å². The number of nitrogens with zero attached hydrogens (tertiary/aromatic N) is 3. The third kappa shape index (κ3) is 4.66. The average molecular weight is 329 g/mol. The molecule has 1 unspecified atom stereocenters. The first-order valence-electron chi connectivity index (χ1n) is 8.70. The van der Waals surface area contributed by atoms with Gasteiger partial charge in [0.15, 0.2) is 0 Å². The molecule has 1 atom stereocenters. The van der Waals surface area contributed by atoms with Gasteiger partial charge in [-0.25, -0.2) is 4.39 Å². The van der Waals surface area contributed by atoms with E-state index in [1.54, 1.807) is 10.9 Å². The first-order valence-corrected chi connectivity index (χ1v) is 8.70. The topological polar surface area (TPSA) is 38.1 Å². The van der Waals surface area contributed by atoms with Crippen molar-refractivity contribution in [2.45, 2.75) is 38.6 Å². The second kappa shape index (κ2) is 8.08. The predicted octanol–water partition coefficient (Wildman–Crippen LogP) is 3.28. The molecule has 1 amide bonds. The van der Waals surface area contributed by atoms with Crippen LogP contribution in [0.3, 0.4) is 0 Å². The molecule has 24 heavy (non-hydrogen) atoms. The molecule has 1 saturated heterocycles. The van der Waals surface area contributed by atoms with Crippen LogP contribution in [-0.2, 0) is 17.8 Å². The first-order chi connectivity index (χ1) is 11.7. The van der Waals surface area contributed by atoms with E-state index < -0.39 is 0 Å². The maximum absolute atomic E-state index is 12.9. The molecule has 5 heteroatoms. The largest absolute Gasteiger partial charge is 0.342 e. The molecule has 3 rings (SSSR count). The van der Waals surface area contributed by atoms with Gasteiger partial charge in [0.25, 0.3) is 0 Å². The van der Waals surface area contributed by atoms with Crippen LogP contribution < -0.4 is 0 Å². The van der Waals surface area contributed by atoms with Gasteiger partial charge in [-0.2, -0.15) is 5.10 Å². The standard InChI is InChI=1S/C19H24FN3O/c20-18-8-6-16(7-9-18)4-5-17-3-1-12-22(15-17)19(24)10-14-23-13-2-11-21-23/h2,6-9,11,13,17H,1,3-5,10,12,14-15H2. The number of rotatable bonds is 6. The Balaban J connectivity index is 1.45. The summed E-state index contributed by atoms with van der Waals surface area (Å²) in [5, 5.41) is 4.14. The predicted molar refractivity (Wildman–Crippen MR) is 90.9 cm³/mol. The van der Waals surface area contributed by atoms with E-state index in [1.807, 2.05) is 29.3 Å². The zero-order valence-electron chi connectivity index (χ0n) is 13.9. The molecule has 128 valence electrons. The summed E-state index contributed by atoms with van der Waals surface area (Å²) in [6.45, 7) is 2.35. The number of carbonyl (C=O) groups is 1. The van der Waals surface area contributed by atoms with Crippen molar-refractivity contribution in [3.63, 3.8) is 0 Å². The molecule has 1 aromatic carbocycles. The van der Waals surface area contributed by atoms with Crippen LogP contribution in [0.5, 0.6) is 0 Å². The van der Waals surface area contributed by atoms with Crippen LogP contribution >= 0.6 is 0 Å². The Kier molecular flexibility index (Phi) is 5.62. The summed E-state index contributed by atoms with van der Waals surface area (Å²) in [5.41, 5.74) is 1.17. The molecule has 0 radical (unpaired) electrons. The van der Waals surface area contributed by atoms with Gasteiger partial charge in [-0.3, -0.25) is 9.48 Å². The molecule has 1 aromatic heterocycles. The van der Waals surface area contributed by atoms with Crippen LogP contribution in [-0.4, -0.2) is 33.7 Å². The van der Waals surface area contributed by atoms with E-state index in [-0.39, 0.29) is 11.7 Å². The van der Waals surface area contributed by atoms with Crippen molar-refractivity contribution in [2.24, 2.45) is 5.92 Å². The van der Waals surface area contributed by atoms with E-state index in [1.165, 1.54) is 24.1 Å². The Labute approximate surface area is 142 Å². The van der Waals surface area contributed by atoms with Gasteiger partial charge in [0.05, 0.1) is 0 Å². The maximum Gasteiger partial charge on any atom is 0.224 e. The highest BCUT2D eigenvalue weighted by atomic mass is 19.1. The molecule has 1 aliphatic rings. The minimum Gasteiger partial charge on any atom is -0.342 e. The van der Waals surface area contributed by atoms with Crippen molar-refractivity contribution >= 4 is 5.91 Å². The second-order valence-electron chi connectivity index (χ2n) is 6.53. The summed E-state index contributed by atoms with van der Waals surface area (Å²) in [6.07, 6.45) is 8.36. The fraction of sp³-hybridized carbons (Fsp3) is 0.474. The molecular formula is C19H24FN3O. The minimum absolute atomic E-state index is 0.189. The number of aromatic nitrogens is 2. The first kappa shape index (κ1) is 16.7. The van der Waals surface area contributed by atoms with Gasteiger partial charge in [0.1, 0.15) is 5.82 Å². The number of piperidine rings is 1. The van der Waals surface area contributed by atoms with Gasteiger partial charge in [-0.15, -0.1) is 0 Å². The lowest BCUT2D eigenvalue weighted by Crippen LogP contribution is -2.40.